The molecule has 3 aromatic rings. The van der Waals surface area contributed by atoms with E-state index in [4.69, 9.17) is 4.74 Å². The topological polar surface area (TPSA) is 63.2 Å². The molecule has 1 amide bonds. The third kappa shape index (κ3) is 5.57. The number of benzene rings is 2. The molecule has 1 heterocycles. The first-order valence-corrected chi connectivity index (χ1v) is 8.88. The minimum absolute atomic E-state index is 0.148. The summed E-state index contributed by atoms with van der Waals surface area (Å²) in [5.41, 5.74) is 3.65. The van der Waals surface area contributed by atoms with Crippen LogP contribution in [0, 0.1) is 0 Å². The maximum absolute atomic E-state index is 12.4. The van der Waals surface area contributed by atoms with Crippen molar-refractivity contribution in [3.05, 3.63) is 89.7 Å². The molecule has 138 valence electrons. The zero-order valence-electron chi connectivity index (χ0n) is 15.3. The van der Waals surface area contributed by atoms with Crippen LogP contribution in [-0.2, 0) is 13.0 Å². The van der Waals surface area contributed by atoms with Crippen molar-refractivity contribution < 1.29 is 9.53 Å². The van der Waals surface area contributed by atoms with Crippen LogP contribution < -0.4 is 15.4 Å². The van der Waals surface area contributed by atoms with Crippen molar-refractivity contribution >= 4 is 11.6 Å². The maximum Gasteiger partial charge on any atom is 0.253 e. The fraction of sp³-hybridized carbons (Fsp3) is 0.182. The lowest BCUT2D eigenvalue weighted by atomic mass is 10.1. The van der Waals surface area contributed by atoms with Crippen molar-refractivity contribution in [1.29, 1.82) is 0 Å². The van der Waals surface area contributed by atoms with Crippen molar-refractivity contribution in [2.75, 3.05) is 19.0 Å². The Morgan fingerprint density at radius 2 is 1.78 bits per heavy atom. The van der Waals surface area contributed by atoms with Gasteiger partial charge in [-0.3, -0.25) is 9.78 Å². The fourth-order valence-corrected chi connectivity index (χ4v) is 2.68. The molecule has 0 spiro atoms. The smallest absolute Gasteiger partial charge is 0.253 e. The van der Waals surface area contributed by atoms with E-state index >= 15 is 0 Å². The maximum atomic E-state index is 12.4. The Hall–Kier alpha value is -3.34. The third-order valence-corrected chi connectivity index (χ3v) is 4.20. The predicted octanol–water partition coefficient (Wildman–Crippen LogP) is 3.67. The van der Waals surface area contributed by atoms with E-state index in [0.717, 1.165) is 30.0 Å². The Balaban J connectivity index is 1.51. The summed E-state index contributed by atoms with van der Waals surface area (Å²) in [4.78, 5) is 16.6. The Labute approximate surface area is 159 Å². The van der Waals surface area contributed by atoms with E-state index in [2.05, 4.69) is 27.8 Å². The van der Waals surface area contributed by atoms with Crippen LogP contribution in [-0.4, -0.2) is 24.5 Å². The number of pyridine rings is 1. The van der Waals surface area contributed by atoms with Gasteiger partial charge in [0, 0.05) is 25.5 Å². The molecule has 2 N–H and O–H groups in total. The summed E-state index contributed by atoms with van der Waals surface area (Å²) in [7, 11) is 1.63. The van der Waals surface area contributed by atoms with Gasteiger partial charge in [-0.2, -0.15) is 0 Å². The van der Waals surface area contributed by atoms with Crippen molar-refractivity contribution in [1.82, 2.24) is 10.3 Å². The number of nitrogens with zero attached hydrogens (tertiary/aromatic N) is 1. The van der Waals surface area contributed by atoms with Gasteiger partial charge in [0.2, 0.25) is 0 Å². The Bertz CT molecular complexity index is 864. The van der Waals surface area contributed by atoms with E-state index in [1.807, 2.05) is 48.5 Å². The summed E-state index contributed by atoms with van der Waals surface area (Å²) >= 11 is 0. The zero-order valence-corrected chi connectivity index (χ0v) is 15.3. The van der Waals surface area contributed by atoms with Crippen molar-refractivity contribution in [2.45, 2.75) is 13.0 Å². The molecule has 0 unspecified atom stereocenters. The van der Waals surface area contributed by atoms with Gasteiger partial charge in [0.1, 0.15) is 5.75 Å². The SMILES string of the molecule is COc1ccc(CNC(=O)c2cncc(NCCc3ccccc3)c2)cc1. The third-order valence-electron chi connectivity index (χ3n) is 4.20. The van der Waals surface area contributed by atoms with E-state index in [9.17, 15) is 4.79 Å². The van der Waals surface area contributed by atoms with Crippen LogP contribution in [0.3, 0.4) is 0 Å². The van der Waals surface area contributed by atoms with Gasteiger partial charge in [-0.1, -0.05) is 42.5 Å². The molecule has 0 aliphatic rings. The first-order valence-electron chi connectivity index (χ1n) is 8.88. The number of anilines is 1. The molecule has 0 fully saturated rings. The molecule has 0 saturated carbocycles. The molecule has 0 bridgehead atoms. The molecule has 27 heavy (non-hydrogen) atoms. The van der Waals surface area contributed by atoms with Gasteiger partial charge in [-0.05, 0) is 35.7 Å². The highest BCUT2D eigenvalue weighted by Crippen LogP contribution is 2.12. The van der Waals surface area contributed by atoms with Crippen molar-refractivity contribution in [2.24, 2.45) is 0 Å². The van der Waals surface area contributed by atoms with Crippen LogP contribution in [0.2, 0.25) is 0 Å². The minimum atomic E-state index is -0.148. The first kappa shape index (κ1) is 18.5. The summed E-state index contributed by atoms with van der Waals surface area (Å²) < 4.78 is 5.14. The first-order chi connectivity index (χ1) is 13.2. The summed E-state index contributed by atoms with van der Waals surface area (Å²) in [5.74, 6) is 0.647. The molecule has 1 aromatic heterocycles. The average molecular weight is 361 g/mol. The second-order valence-corrected chi connectivity index (χ2v) is 6.16. The van der Waals surface area contributed by atoms with E-state index in [-0.39, 0.29) is 5.91 Å². The second kappa shape index (κ2) is 9.38. The van der Waals surface area contributed by atoms with Gasteiger partial charge in [-0.15, -0.1) is 0 Å². The molecular formula is C22H23N3O2. The fourth-order valence-electron chi connectivity index (χ4n) is 2.68. The van der Waals surface area contributed by atoms with Crippen LogP contribution in [0.25, 0.3) is 0 Å². The van der Waals surface area contributed by atoms with Crippen LogP contribution in [0.1, 0.15) is 21.5 Å². The van der Waals surface area contributed by atoms with Crippen LogP contribution >= 0.6 is 0 Å². The number of carbonyl (C=O) groups is 1. The Kier molecular flexibility index (Phi) is 6.41. The lowest BCUT2D eigenvalue weighted by Gasteiger charge is -2.09. The number of aromatic nitrogens is 1. The second-order valence-electron chi connectivity index (χ2n) is 6.16. The molecule has 0 saturated heterocycles. The normalized spacial score (nSPS) is 10.3. The highest BCUT2D eigenvalue weighted by molar-refractivity contribution is 5.94. The van der Waals surface area contributed by atoms with E-state index < -0.39 is 0 Å². The molecule has 5 heteroatoms. The molecule has 2 aromatic carbocycles. The summed E-state index contributed by atoms with van der Waals surface area (Å²) in [6, 6.07) is 19.7. The number of methoxy groups -OCH3 is 1. The average Bonchev–Trinajstić information content (AvgIpc) is 2.73. The zero-order chi connectivity index (χ0) is 18.9. The van der Waals surface area contributed by atoms with E-state index in [1.54, 1.807) is 19.5 Å². The van der Waals surface area contributed by atoms with E-state index in [1.165, 1.54) is 5.56 Å². The standard InChI is InChI=1S/C22H23N3O2/c1-27-21-9-7-18(8-10-21)14-25-22(26)19-13-20(16-23-15-19)24-12-11-17-5-3-2-4-6-17/h2-10,13,15-16,24H,11-12,14H2,1H3,(H,25,26). The van der Waals surface area contributed by atoms with Crippen LogP contribution in [0.5, 0.6) is 5.75 Å². The molecule has 3 rings (SSSR count). The van der Waals surface area contributed by atoms with Gasteiger partial charge < -0.3 is 15.4 Å². The van der Waals surface area contributed by atoms with Crippen LogP contribution in [0.4, 0.5) is 5.69 Å². The number of amides is 1. The number of ether oxygens (including phenoxy) is 1. The van der Waals surface area contributed by atoms with Gasteiger partial charge in [0.05, 0.1) is 18.4 Å². The molecule has 5 nitrogen and oxygen atoms in total. The van der Waals surface area contributed by atoms with Crippen molar-refractivity contribution in [3.63, 3.8) is 0 Å². The highest BCUT2D eigenvalue weighted by Gasteiger charge is 2.07. The number of hydrogen-bond donors (Lipinski definition) is 2. The predicted molar refractivity (Wildman–Crippen MR) is 107 cm³/mol. The molecule has 0 aliphatic carbocycles. The monoisotopic (exact) mass is 361 g/mol. The number of nitrogens with one attached hydrogen (secondary N) is 2. The van der Waals surface area contributed by atoms with E-state index in [0.29, 0.717) is 12.1 Å². The number of hydrogen-bond acceptors (Lipinski definition) is 4. The highest BCUT2D eigenvalue weighted by atomic mass is 16.5. The number of rotatable bonds is 8. The molecule has 0 aliphatic heterocycles. The number of carbonyl (C=O) groups excluding carboxylic acids is 1. The lowest BCUT2D eigenvalue weighted by Crippen LogP contribution is -2.23. The van der Waals surface area contributed by atoms with Gasteiger partial charge >= 0.3 is 0 Å². The summed E-state index contributed by atoms with van der Waals surface area (Å²) in [5, 5.41) is 6.23. The van der Waals surface area contributed by atoms with Gasteiger partial charge in [0.15, 0.2) is 0 Å². The minimum Gasteiger partial charge on any atom is -0.497 e. The van der Waals surface area contributed by atoms with Gasteiger partial charge in [0.25, 0.3) is 5.91 Å². The molecular weight excluding hydrogens is 338 g/mol. The summed E-state index contributed by atoms with van der Waals surface area (Å²) in [6.45, 7) is 1.23. The molecule has 0 atom stereocenters. The van der Waals surface area contributed by atoms with Gasteiger partial charge in [-0.25, -0.2) is 0 Å². The quantitative estimate of drug-likeness (QED) is 0.642. The largest absolute Gasteiger partial charge is 0.497 e. The molecule has 0 radical (unpaired) electrons. The van der Waals surface area contributed by atoms with Crippen molar-refractivity contribution in [3.8, 4) is 5.75 Å². The lowest BCUT2D eigenvalue weighted by molar-refractivity contribution is 0.0950. The van der Waals surface area contributed by atoms with Crippen LogP contribution in [0.15, 0.2) is 73.1 Å². The Morgan fingerprint density at radius 1 is 1.00 bits per heavy atom. The summed E-state index contributed by atoms with van der Waals surface area (Å²) in [6.07, 6.45) is 4.21. The Morgan fingerprint density at radius 3 is 2.52 bits per heavy atom.